The van der Waals surface area contributed by atoms with E-state index >= 15 is 0 Å². The Hall–Kier alpha value is -3.28. The Morgan fingerprint density at radius 3 is 2.30 bits per heavy atom. The molecule has 3 nitrogen and oxygen atoms in total. The topological polar surface area (TPSA) is 35.3 Å². The molecule has 0 spiro atoms. The van der Waals surface area contributed by atoms with Gasteiger partial charge in [0.2, 0.25) is 5.89 Å². The van der Waals surface area contributed by atoms with E-state index < -0.39 is 11.7 Å². The van der Waals surface area contributed by atoms with Gasteiger partial charge in [0.15, 0.2) is 5.58 Å². The Morgan fingerprint density at radius 1 is 0.852 bits per heavy atom. The van der Waals surface area contributed by atoms with E-state index in [1.165, 1.54) is 12.1 Å². The van der Waals surface area contributed by atoms with Crippen molar-refractivity contribution in [2.45, 2.75) is 12.8 Å². The number of rotatable bonds is 4. The monoisotopic (exact) mass is 369 g/mol. The maximum atomic E-state index is 12.7. The molecular weight excluding hydrogens is 355 g/mol. The average molecular weight is 369 g/mol. The molecular formula is C21H14F3NO2. The number of alkyl halides is 3. The Balaban J connectivity index is 1.62. The van der Waals surface area contributed by atoms with Crippen LogP contribution in [-0.4, -0.2) is 4.98 Å². The molecule has 0 aliphatic rings. The number of oxazole rings is 1. The van der Waals surface area contributed by atoms with Crippen molar-refractivity contribution in [1.82, 2.24) is 4.98 Å². The summed E-state index contributed by atoms with van der Waals surface area (Å²) >= 11 is 0. The van der Waals surface area contributed by atoms with Gasteiger partial charge >= 0.3 is 6.18 Å². The number of fused-ring (bicyclic) bond motifs is 1. The fourth-order valence-corrected chi connectivity index (χ4v) is 2.72. The van der Waals surface area contributed by atoms with Crippen molar-refractivity contribution >= 4 is 11.1 Å². The normalized spacial score (nSPS) is 11.7. The van der Waals surface area contributed by atoms with Crippen molar-refractivity contribution < 1.29 is 22.3 Å². The van der Waals surface area contributed by atoms with E-state index in [1.807, 2.05) is 42.5 Å². The van der Waals surface area contributed by atoms with Crippen LogP contribution in [0.2, 0.25) is 0 Å². The zero-order chi connectivity index (χ0) is 18.9. The molecule has 27 heavy (non-hydrogen) atoms. The van der Waals surface area contributed by atoms with Crippen LogP contribution in [0.4, 0.5) is 13.2 Å². The first-order valence-corrected chi connectivity index (χ1v) is 8.24. The minimum atomic E-state index is -4.37. The summed E-state index contributed by atoms with van der Waals surface area (Å²) < 4.78 is 49.7. The molecule has 0 amide bonds. The molecule has 0 radical (unpaired) electrons. The number of halogens is 3. The van der Waals surface area contributed by atoms with Gasteiger partial charge in [-0.25, -0.2) is 4.98 Å². The summed E-state index contributed by atoms with van der Waals surface area (Å²) in [5.74, 6) is 1.00. The second-order valence-corrected chi connectivity index (χ2v) is 5.96. The number of nitrogens with zero attached hydrogens (tertiary/aromatic N) is 1. The molecule has 1 aromatic heterocycles. The van der Waals surface area contributed by atoms with Gasteiger partial charge in [0.1, 0.15) is 17.9 Å². The summed E-state index contributed by atoms with van der Waals surface area (Å²) in [5.41, 5.74) is 1.76. The first-order chi connectivity index (χ1) is 13.0. The van der Waals surface area contributed by atoms with Crippen LogP contribution in [0.3, 0.4) is 0 Å². The summed E-state index contributed by atoms with van der Waals surface area (Å²) in [6.07, 6.45) is -4.37. The van der Waals surface area contributed by atoms with Crippen molar-refractivity contribution in [1.29, 1.82) is 0 Å². The highest BCUT2D eigenvalue weighted by atomic mass is 19.4. The summed E-state index contributed by atoms with van der Waals surface area (Å²) in [4.78, 5) is 4.39. The van der Waals surface area contributed by atoms with E-state index in [0.29, 0.717) is 23.3 Å². The van der Waals surface area contributed by atoms with E-state index in [4.69, 9.17) is 9.15 Å². The third-order valence-corrected chi connectivity index (χ3v) is 4.09. The van der Waals surface area contributed by atoms with Crippen LogP contribution in [0.15, 0.2) is 77.2 Å². The standard InChI is InChI=1S/C21H14F3NO2/c22-21(23,24)16-11-9-14(10-12-16)20-25-18-8-4-5-15(19(18)27-20)13-26-17-6-2-1-3-7-17/h1-12H,13H2. The van der Waals surface area contributed by atoms with Crippen LogP contribution in [0.25, 0.3) is 22.6 Å². The molecule has 0 bridgehead atoms. The lowest BCUT2D eigenvalue weighted by atomic mass is 10.1. The molecule has 1 heterocycles. The molecule has 0 N–H and O–H groups in total. The highest BCUT2D eigenvalue weighted by Crippen LogP contribution is 2.32. The zero-order valence-corrected chi connectivity index (χ0v) is 14.0. The molecule has 0 atom stereocenters. The molecule has 4 rings (SSSR count). The zero-order valence-electron chi connectivity index (χ0n) is 14.0. The third kappa shape index (κ3) is 3.65. The SMILES string of the molecule is FC(F)(F)c1ccc(-c2nc3cccc(COc4ccccc4)c3o2)cc1. The van der Waals surface area contributed by atoms with Gasteiger partial charge in [-0.1, -0.05) is 30.3 Å². The van der Waals surface area contributed by atoms with Gasteiger partial charge in [-0.15, -0.1) is 0 Å². The summed E-state index contributed by atoms with van der Waals surface area (Å²) in [6, 6.07) is 19.6. The van der Waals surface area contributed by atoms with Gasteiger partial charge in [0.25, 0.3) is 0 Å². The van der Waals surface area contributed by atoms with Crippen LogP contribution >= 0.6 is 0 Å². The van der Waals surface area contributed by atoms with E-state index in [9.17, 15) is 13.2 Å². The van der Waals surface area contributed by atoms with Crippen molar-refractivity contribution in [2.24, 2.45) is 0 Å². The number of aromatic nitrogens is 1. The van der Waals surface area contributed by atoms with Crippen molar-refractivity contribution in [3.8, 4) is 17.2 Å². The Kier molecular flexibility index (Phi) is 4.32. The minimum absolute atomic E-state index is 0.269. The van der Waals surface area contributed by atoms with Gasteiger partial charge in [-0.2, -0.15) is 13.2 Å². The first kappa shape index (κ1) is 17.1. The largest absolute Gasteiger partial charge is 0.489 e. The van der Waals surface area contributed by atoms with E-state index in [-0.39, 0.29) is 5.89 Å². The van der Waals surface area contributed by atoms with Gasteiger partial charge in [0.05, 0.1) is 5.56 Å². The molecule has 0 saturated heterocycles. The molecule has 3 aromatic carbocycles. The number of ether oxygens (including phenoxy) is 1. The smallest absolute Gasteiger partial charge is 0.416 e. The van der Waals surface area contributed by atoms with E-state index in [2.05, 4.69) is 4.98 Å². The maximum Gasteiger partial charge on any atom is 0.416 e. The summed E-state index contributed by atoms with van der Waals surface area (Å²) in [5, 5.41) is 0. The fraction of sp³-hybridized carbons (Fsp3) is 0.0952. The number of hydrogen-bond donors (Lipinski definition) is 0. The van der Waals surface area contributed by atoms with Crippen LogP contribution in [0.1, 0.15) is 11.1 Å². The third-order valence-electron chi connectivity index (χ3n) is 4.09. The maximum absolute atomic E-state index is 12.7. The van der Waals surface area contributed by atoms with E-state index in [0.717, 1.165) is 23.4 Å². The summed E-state index contributed by atoms with van der Waals surface area (Å²) in [7, 11) is 0. The average Bonchev–Trinajstić information content (AvgIpc) is 3.11. The van der Waals surface area contributed by atoms with Gasteiger partial charge in [-0.3, -0.25) is 0 Å². The second kappa shape index (κ2) is 6.79. The lowest BCUT2D eigenvalue weighted by Crippen LogP contribution is -2.03. The molecule has 6 heteroatoms. The number of benzene rings is 3. The number of hydrogen-bond acceptors (Lipinski definition) is 3. The Labute approximate surface area is 153 Å². The fourth-order valence-electron chi connectivity index (χ4n) is 2.72. The Morgan fingerprint density at radius 2 is 1.59 bits per heavy atom. The molecule has 136 valence electrons. The lowest BCUT2D eigenvalue weighted by molar-refractivity contribution is -0.137. The van der Waals surface area contributed by atoms with Gasteiger partial charge < -0.3 is 9.15 Å². The van der Waals surface area contributed by atoms with Crippen LogP contribution in [0, 0.1) is 0 Å². The van der Waals surface area contributed by atoms with Crippen molar-refractivity contribution in [2.75, 3.05) is 0 Å². The van der Waals surface area contributed by atoms with Crippen LogP contribution < -0.4 is 4.74 Å². The molecule has 0 fully saturated rings. The highest BCUT2D eigenvalue weighted by Gasteiger charge is 2.30. The minimum Gasteiger partial charge on any atom is -0.489 e. The molecule has 0 saturated carbocycles. The first-order valence-electron chi connectivity index (χ1n) is 8.24. The number of para-hydroxylation sites is 2. The van der Waals surface area contributed by atoms with Crippen molar-refractivity contribution in [3.05, 3.63) is 83.9 Å². The lowest BCUT2D eigenvalue weighted by Gasteiger charge is -2.06. The molecule has 0 aliphatic carbocycles. The van der Waals surface area contributed by atoms with Crippen molar-refractivity contribution in [3.63, 3.8) is 0 Å². The van der Waals surface area contributed by atoms with Crippen LogP contribution in [0.5, 0.6) is 5.75 Å². The second-order valence-electron chi connectivity index (χ2n) is 5.96. The quantitative estimate of drug-likeness (QED) is 0.436. The predicted molar refractivity (Wildman–Crippen MR) is 95.2 cm³/mol. The van der Waals surface area contributed by atoms with Crippen LogP contribution in [-0.2, 0) is 12.8 Å². The molecule has 4 aromatic rings. The van der Waals surface area contributed by atoms with E-state index in [1.54, 1.807) is 6.07 Å². The predicted octanol–water partition coefficient (Wildman–Crippen LogP) is 6.09. The summed E-state index contributed by atoms with van der Waals surface area (Å²) in [6.45, 7) is 0.295. The molecule has 0 aliphatic heterocycles. The van der Waals surface area contributed by atoms with Gasteiger partial charge in [0, 0.05) is 11.1 Å². The molecule has 0 unspecified atom stereocenters. The highest BCUT2D eigenvalue weighted by molar-refractivity contribution is 5.79. The van der Waals surface area contributed by atoms with Gasteiger partial charge in [-0.05, 0) is 42.5 Å². The Bertz CT molecular complexity index is 1050.